The number of carbonyl (C=O) groups is 2. The summed E-state index contributed by atoms with van der Waals surface area (Å²) in [6.07, 6.45) is 7.16. The van der Waals surface area contributed by atoms with E-state index in [1.807, 2.05) is 0 Å². The summed E-state index contributed by atoms with van der Waals surface area (Å²) in [6.45, 7) is 0.639. The lowest BCUT2D eigenvalue weighted by molar-refractivity contribution is -0.127. The number of piperazine rings is 1. The largest absolute Gasteiger partial charge is 0.353 e. The van der Waals surface area contributed by atoms with Crippen LogP contribution in [-0.4, -0.2) is 37.0 Å². The molecule has 17 heavy (non-hydrogen) atoms. The molecule has 0 spiro atoms. The van der Waals surface area contributed by atoms with Crippen LogP contribution >= 0.6 is 0 Å². The summed E-state index contributed by atoms with van der Waals surface area (Å²) in [5.74, 6) is -0.0135. The average molecular weight is 239 g/mol. The zero-order chi connectivity index (χ0) is 12.1. The molecule has 2 rings (SSSR count). The minimum Gasteiger partial charge on any atom is -0.353 e. The van der Waals surface area contributed by atoms with Crippen molar-refractivity contribution in [1.82, 2.24) is 16.0 Å². The quantitative estimate of drug-likeness (QED) is 0.590. The van der Waals surface area contributed by atoms with Crippen molar-refractivity contribution in [1.29, 1.82) is 0 Å². The monoisotopic (exact) mass is 239 g/mol. The van der Waals surface area contributed by atoms with Crippen LogP contribution in [0.3, 0.4) is 0 Å². The molecular formula is C12H21N3O2. The Labute approximate surface area is 102 Å². The molecule has 0 radical (unpaired) electrons. The highest BCUT2D eigenvalue weighted by atomic mass is 16.2. The second-order valence-corrected chi connectivity index (χ2v) is 4.93. The highest BCUT2D eigenvalue weighted by Gasteiger charge is 2.25. The molecule has 1 saturated heterocycles. The highest BCUT2D eigenvalue weighted by molar-refractivity contribution is 5.86. The Hall–Kier alpha value is -1.10. The molecule has 96 valence electrons. The van der Waals surface area contributed by atoms with Crippen molar-refractivity contribution in [3.05, 3.63) is 0 Å². The normalized spacial score (nSPS) is 27.1. The summed E-state index contributed by atoms with van der Waals surface area (Å²) >= 11 is 0. The van der Waals surface area contributed by atoms with Gasteiger partial charge in [0.1, 0.15) is 6.04 Å². The Morgan fingerprint density at radius 3 is 2.47 bits per heavy atom. The Morgan fingerprint density at radius 1 is 1.18 bits per heavy atom. The molecule has 1 aliphatic heterocycles. The Kier molecular flexibility index (Phi) is 4.36. The molecule has 0 aromatic heterocycles. The molecule has 0 aromatic rings. The van der Waals surface area contributed by atoms with Crippen LogP contribution in [0.25, 0.3) is 0 Å². The lowest BCUT2D eigenvalue weighted by Crippen LogP contribution is -2.59. The fourth-order valence-electron chi connectivity index (χ4n) is 2.48. The van der Waals surface area contributed by atoms with Gasteiger partial charge >= 0.3 is 0 Å². The van der Waals surface area contributed by atoms with Crippen molar-refractivity contribution < 1.29 is 9.59 Å². The van der Waals surface area contributed by atoms with Crippen LogP contribution in [0.1, 0.15) is 38.5 Å². The smallest absolute Gasteiger partial charge is 0.239 e. The Balaban J connectivity index is 1.77. The summed E-state index contributed by atoms with van der Waals surface area (Å²) in [5, 5.41) is 8.74. The number of amides is 2. The first-order valence-corrected chi connectivity index (χ1v) is 6.56. The van der Waals surface area contributed by atoms with E-state index in [9.17, 15) is 9.59 Å². The molecule has 0 aromatic carbocycles. The zero-order valence-corrected chi connectivity index (χ0v) is 10.1. The van der Waals surface area contributed by atoms with E-state index in [1.54, 1.807) is 0 Å². The molecule has 1 heterocycles. The van der Waals surface area contributed by atoms with E-state index in [0.717, 1.165) is 12.8 Å². The Morgan fingerprint density at radius 2 is 1.88 bits per heavy atom. The van der Waals surface area contributed by atoms with Crippen molar-refractivity contribution in [3.8, 4) is 0 Å². The maximum Gasteiger partial charge on any atom is 0.239 e. The van der Waals surface area contributed by atoms with E-state index in [2.05, 4.69) is 16.0 Å². The molecule has 1 atom stereocenters. The third kappa shape index (κ3) is 3.70. The summed E-state index contributed by atoms with van der Waals surface area (Å²) < 4.78 is 0. The minimum absolute atomic E-state index is 0.0249. The summed E-state index contributed by atoms with van der Waals surface area (Å²) in [5.41, 5.74) is 0. The van der Waals surface area contributed by atoms with Gasteiger partial charge in [0.05, 0.1) is 6.54 Å². The number of hydrogen-bond acceptors (Lipinski definition) is 3. The van der Waals surface area contributed by atoms with Gasteiger partial charge in [-0.15, -0.1) is 0 Å². The van der Waals surface area contributed by atoms with Gasteiger partial charge in [0.25, 0.3) is 0 Å². The number of hydrogen-bond donors (Lipinski definition) is 3. The zero-order valence-electron chi connectivity index (χ0n) is 10.1. The maximum atomic E-state index is 12.0. The van der Waals surface area contributed by atoms with Gasteiger partial charge in [-0.25, -0.2) is 0 Å². The van der Waals surface area contributed by atoms with E-state index in [1.165, 1.54) is 25.7 Å². The topological polar surface area (TPSA) is 70.2 Å². The van der Waals surface area contributed by atoms with E-state index < -0.39 is 0 Å². The van der Waals surface area contributed by atoms with Crippen molar-refractivity contribution in [2.75, 3.05) is 13.1 Å². The van der Waals surface area contributed by atoms with Gasteiger partial charge < -0.3 is 10.6 Å². The van der Waals surface area contributed by atoms with Crippen molar-refractivity contribution in [2.24, 2.45) is 0 Å². The van der Waals surface area contributed by atoms with Crippen molar-refractivity contribution in [3.63, 3.8) is 0 Å². The SMILES string of the molecule is O=C1CNC(C(=O)NC2CCCCCC2)CN1. The van der Waals surface area contributed by atoms with Gasteiger partial charge in [-0.3, -0.25) is 14.9 Å². The predicted molar refractivity (Wildman–Crippen MR) is 64.4 cm³/mol. The molecule has 0 bridgehead atoms. The molecule has 5 nitrogen and oxygen atoms in total. The molecule has 1 aliphatic carbocycles. The number of nitrogens with one attached hydrogen (secondary N) is 3. The van der Waals surface area contributed by atoms with E-state index in [4.69, 9.17) is 0 Å². The predicted octanol–water partition coefficient (Wildman–Crippen LogP) is -0.0866. The van der Waals surface area contributed by atoms with Crippen LogP contribution in [0.2, 0.25) is 0 Å². The van der Waals surface area contributed by atoms with Gasteiger partial charge in [0.2, 0.25) is 11.8 Å². The van der Waals surface area contributed by atoms with Crippen LogP contribution < -0.4 is 16.0 Å². The lowest BCUT2D eigenvalue weighted by Gasteiger charge is -2.25. The van der Waals surface area contributed by atoms with Gasteiger partial charge in [0.15, 0.2) is 0 Å². The summed E-state index contributed by atoms with van der Waals surface area (Å²) in [4.78, 5) is 22.9. The molecular weight excluding hydrogens is 218 g/mol. The maximum absolute atomic E-state index is 12.0. The fraction of sp³-hybridized carbons (Fsp3) is 0.833. The minimum atomic E-state index is -0.268. The second kappa shape index (κ2) is 6.00. The number of carbonyl (C=O) groups excluding carboxylic acids is 2. The van der Waals surface area contributed by atoms with Crippen LogP contribution in [0, 0.1) is 0 Å². The summed E-state index contributed by atoms with van der Waals surface area (Å²) in [7, 11) is 0. The lowest BCUT2D eigenvalue weighted by atomic mass is 10.1. The fourth-order valence-corrected chi connectivity index (χ4v) is 2.48. The molecule has 1 saturated carbocycles. The third-order valence-electron chi connectivity index (χ3n) is 3.53. The van der Waals surface area contributed by atoms with Crippen LogP contribution in [0.5, 0.6) is 0 Å². The standard InChI is InChI=1S/C12H21N3O2/c16-11-8-13-10(7-14-11)12(17)15-9-5-3-1-2-4-6-9/h9-10,13H,1-8H2,(H,14,16)(H,15,17). The average Bonchev–Trinajstić information content (AvgIpc) is 2.58. The van der Waals surface area contributed by atoms with E-state index in [-0.39, 0.29) is 24.4 Å². The molecule has 2 aliphatic rings. The number of rotatable bonds is 2. The van der Waals surface area contributed by atoms with E-state index in [0.29, 0.717) is 12.6 Å². The van der Waals surface area contributed by atoms with Crippen LogP contribution in [0.4, 0.5) is 0 Å². The van der Waals surface area contributed by atoms with E-state index >= 15 is 0 Å². The molecule has 2 fully saturated rings. The first-order chi connectivity index (χ1) is 8.25. The van der Waals surface area contributed by atoms with Gasteiger partial charge in [-0.05, 0) is 12.8 Å². The summed E-state index contributed by atoms with van der Waals surface area (Å²) in [6, 6.07) is 0.0559. The Bertz CT molecular complexity index is 275. The van der Waals surface area contributed by atoms with Gasteiger partial charge in [-0.2, -0.15) is 0 Å². The second-order valence-electron chi connectivity index (χ2n) is 4.93. The first kappa shape index (κ1) is 12.4. The highest BCUT2D eigenvalue weighted by Crippen LogP contribution is 2.17. The first-order valence-electron chi connectivity index (χ1n) is 6.56. The van der Waals surface area contributed by atoms with Crippen molar-refractivity contribution in [2.45, 2.75) is 50.6 Å². The van der Waals surface area contributed by atoms with Crippen LogP contribution in [0.15, 0.2) is 0 Å². The molecule has 3 N–H and O–H groups in total. The molecule has 2 amide bonds. The van der Waals surface area contributed by atoms with Gasteiger partial charge in [-0.1, -0.05) is 25.7 Å². The van der Waals surface area contributed by atoms with Crippen LogP contribution in [-0.2, 0) is 9.59 Å². The third-order valence-corrected chi connectivity index (χ3v) is 3.53. The van der Waals surface area contributed by atoms with Gasteiger partial charge in [0, 0.05) is 12.6 Å². The molecule has 1 unspecified atom stereocenters. The molecule has 5 heteroatoms. The van der Waals surface area contributed by atoms with Crippen molar-refractivity contribution >= 4 is 11.8 Å².